The highest BCUT2D eigenvalue weighted by Gasteiger charge is 2.35. The number of benzene rings is 1. The molecule has 0 saturated heterocycles. The van der Waals surface area contributed by atoms with Gasteiger partial charge >= 0.3 is 5.97 Å². The minimum atomic E-state index is -1.28. The van der Waals surface area contributed by atoms with Crippen LogP contribution in [0.1, 0.15) is 58.9 Å². The van der Waals surface area contributed by atoms with Gasteiger partial charge in [0.1, 0.15) is 11.6 Å². The lowest BCUT2D eigenvalue weighted by Gasteiger charge is -2.13. The molecule has 1 unspecified atom stereocenters. The molecule has 0 amide bonds. The first-order valence-corrected chi connectivity index (χ1v) is 14.5. The summed E-state index contributed by atoms with van der Waals surface area (Å²) in [6.45, 7) is 4.20. The summed E-state index contributed by atoms with van der Waals surface area (Å²) in [6.07, 6.45) is 5.50. The monoisotopic (exact) mass is 576 g/mol. The van der Waals surface area contributed by atoms with Crippen molar-refractivity contribution in [2.45, 2.75) is 50.8 Å². The Kier molecular flexibility index (Phi) is 6.82. The molecule has 3 aromatic heterocycles. The van der Waals surface area contributed by atoms with Crippen molar-refractivity contribution in [1.29, 1.82) is 0 Å². The quantitative estimate of drug-likeness (QED) is 0.279. The molecule has 11 heteroatoms. The van der Waals surface area contributed by atoms with Crippen LogP contribution in [-0.4, -0.2) is 41.0 Å². The molecule has 1 atom stereocenters. The third-order valence-corrected chi connectivity index (χ3v) is 8.61. The summed E-state index contributed by atoms with van der Waals surface area (Å²) in [5.74, 6) is 0.899. The zero-order chi connectivity index (χ0) is 24.7. The Morgan fingerprint density at radius 1 is 1.34 bits per heavy atom. The van der Waals surface area contributed by atoms with Crippen molar-refractivity contribution >= 4 is 54.9 Å². The maximum absolute atomic E-state index is 13.4. The summed E-state index contributed by atoms with van der Waals surface area (Å²) in [5, 5.41) is 13.7. The first-order chi connectivity index (χ1) is 16.9. The Morgan fingerprint density at radius 3 is 2.77 bits per heavy atom. The zero-order valence-corrected chi connectivity index (χ0v) is 22.6. The first-order valence-electron chi connectivity index (χ1n) is 11.3. The number of thiazole rings is 1. The number of esters is 1. The van der Waals surface area contributed by atoms with Gasteiger partial charge in [-0.25, -0.2) is 14.8 Å². The normalized spacial score (nSPS) is 14.5. The third kappa shape index (κ3) is 4.68. The molecule has 1 aromatic carbocycles. The molecule has 3 heterocycles. The number of hydrogen-bond donors (Lipinski definition) is 1. The molecule has 1 aliphatic rings. The van der Waals surface area contributed by atoms with E-state index in [-0.39, 0.29) is 24.2 Å². The number of aromatic nitrogens is 4. The van der Waals surface area contributed by atoms with Crippen LogP contribution < -0.4 is 0 Å². The second-order valence-electron chi connectivity index (χ2n) is 8.53. The van der Waals surface area contributed by atoms with Crippen LogP contribution in [0.15, 0.2) is 33.8 Å². The van der Waals surface area contributed by atoms with Crippen molar-refractivity contribution in [1.82, 2.24) is 19.1 Å². The van der Waals surface area contributed by atoms with Gasteiger partial charge in [-0.3, -0.25) is 4.21 Å². The fourth-order valence-corrected chi connectivity index (χ4v) is 6.74. The number of aromatic hydroxyl groups is 1. The van der Waals surface area contributed by atoms with Crippen molar-refractivity contribution in [3.05, 3.63) is 62.2 Å². The van der Waals surface area contributed by atoms with Gasteiger partial charge in [0.05, 0.1) is 51.4 Å². The number of carbonyl (C=O) groups excluding carboxylic acids is 1. The van der Waals surface area contributed by atoms with Crippen LogP contribution in [0.4, 0.5) is 0 Å². The first kappa shape index (κ1) is 24.2. The molecular weight excluding hydrogens is 552 g/mol. The van der Waals surface area contributed by atoms with E-state index in [1.54, 1.807) is 18.6 Å². The standard InChI is InChI=1S/C24H25BrN4O4S2/c1-3-33-24(31)22-20(12-35(32)11-15-10-34-13-27-15)29(16-4-5-16)19-8-18(25)23(30)17(21(19)22)9-28-7-6-26-14(28)2/h6-8,10,13,16,30H,3-5,9,11-12H2,1-2H3. The van der Waals surface area contributed by atoms with Crippen LogP contribution in [0.5, 0.6) is 5.75 Å². The van der Waals surface area contributed by atoms with E-state index in [0.29, 0.717) is 39.0 Å². The lowest BCUT2D eigenvalue weighted by molar-refractivity contribution is 0.0527. The Balaban J connectivity index is 1.73. The minimum absolute atomic E-state index is 0.0687. The fourth-order valence-electron chi connectivity index (χ4n) is 4.44. The summed E-state index contributed by atoms with van der Waals surface area (Å²) < 4.78 is 23.3. The lowest BCUT2D eigenvalue weighted by atomic mass is 10.0. The van der Waals surface area contributed by atoms with Gasteiger partial charge in [-0.05, 0) is 48.7 Å². The maximum Gasteiger partial charge on any atom is 0.340 e. The van der Waals surface area contributed by atoms with E-state index in [0.717, 1.165) is 29.9 Å². The highest BCUT2D eigenvalue weighted by molar-refractivity contribution is 9.10. The number of ether oxygens (including phenoxy) is 1. The van der Waals surface area contributed by atoms with E-state index in [1.165, 1.54) is 11.3 Å². The smallest absolute Gasteiger partial charge is 0.340 e. The molecule has 1 saturated carbocycles. The van der Waals surface area contributed by atoms with E-state index >= 15 is 0 Å². The number of phenolic OH excluding ortho intramolecular Hbond substituents is 1. The molecule has 184 valence electrons. The molecule has 35 heavy (non-hydrogen) atoms. The van der Waals surface area contributed by atoms with E-state index < -0.39 is 16.8 Å². The number of carbonyl (C=O) groups is 1. The Labute approximate surface area is 217 Å². The molecule has 0 aliphatic heterocycles. The summed E-state index contributed by atoms with van der Waals surface area (Å²) in [7, 11) is -1.28. The number of fused-ring (bicyclic) bond motifs is 1. The van der Waals surface area contributed by atoms with Gasteiger partial charge in [-0.15, -0.1) is 11.3 Å². The van der Waals surface area contributed by atoms with Gasteiger partial charge in [0.25, 0.3) is 0 Å². The van der Waals surface area contributed by atoms with E-state index in [9.17, 15) is 14.1 Å². The van der Waals surface area contributed by atoms with Gasteiger partial charge < -0.3 is 19.0 Å². The van der Waals surface area contributed by atoms with E-state index in [2.05, 4.69) is 30.5 Å². The summed E-state index contributed by atoms with van der Waals surface area (Å²) in [4.78, 5) is 22.0. The highest BCUT2D eigenvalue weighted by Crippen LogP contribution is 2.46. The summed E-state index contributed by atoms with van der Waals surface area (Å²) >= 11 is 4.98. The average molecular weight is 578 g/mol. The predicted octanol–water partition coefficient (Wildman–Crippen LogP) is 5.08. The largest absolute Gasteiger partial charge is 0.506 e. The number of rotatable bonds is 9. The van der Waals surface area contributed by atoms with Crippen molar-refractivity contribution in [2.24, 2.45) is 0 Å². The van der Waals surface area contributed by atoms with Gasteiger partial charge in [0, 0.05) is 51.3 Å². The maximum atomic E-state index is 13.4. The van der Waals surface area contributed by atoms with Crippen LogP contribution >= 0.6 is 27.3 Å². The molecule has 8 nitrogen and oxygen atoms in total. The molecule has 4 aromatic rings. The number of imidazole rings is 1. The van der Waals surface area contributed by atoms with Crippen LogP contribution in [0.25, 0.3) is 10.9 Å². The number of phenols is 1. The van der Waals surface area contributed by atoms with Gasteiger partial charge in [0.2, 0.25) is 0 Å². The molecule has 5 rings (SSSR count). The van der Waals surface area contributed by atoms with E-state index in [4.69, 9.17) is 4.74 Å². The number of halogens is 1. The van der Waals surface area contributed by atoms with Crippen LogP contribution in [-0.2, 0) is 33.6 Å². The van der Waals surface area contributed by atoms with E-state index in [1.807, 2.05) is 29.1 Å². The van der Waals surface area contributed by atoms with Crippen molar-refractivity contribution in [2.75, 3.05) is 6.61 Å². The number of aryl methyl sites for hydroxylation is 1. The predicted molar refractivity (Wildman–Crippen MR) is 139 cm³/mol. The Morgan fingerprint density at radius 2 is 2.14 bits per heavy atom. The molecular formula is C24H25BrN4O4S2. The molecule has 0 radical (unpaired) electrons. The summed E-state index contributed by atoms with van der Waals surface area (Å²) in [6, 6.07) is 2.06. The average Bonchev–Trinajstić information content (AvgIpc) is 3.20. The fraction of sp³-hybridized carbons (Fsp3) is 0.375. The Bertz CT molecular complexity index is 1420. The Hall–Kier alpha value is -2.50. The second kappa shape index (κ2) is 9.87. The van der Waals surface area contributed by atoms with Gasteiger partial charge in [-0.1, -0.05) is 0 Å². The zero-order valence-electron chi connectivity index (χ0n) is 19.4. The van der Waals surface area contributed by atoms with Crippen LogP contribution in [0.3, 0.4) is 0 Å². The van der Waals surface area contributed by atoms with Crippen LogP contribution in [0.2, 0.25) is 0 Å². The van der Waals surface area contributed by atoms with Crippen molar-refractivity contribution in [3.8, 4) is 5.75 Å². The summed E-state index contributed by atoms with van der Waals surface area (Å²) in [5.41, 5.74) is 5.00. The van der Waals surface area contributed by atoms with Gasteiger partial charge in [-0.2, -0.15) is 0 Å². The van der Waals surface area contributed by atoms with Gasteiger partial charge in [0.15, 0.2) is 0 Å². The third-order valence-electron chi connectivity index (χ3n) is 6.16. The second-order valence-corrected chi connectivity index (χ2v) is 11.6. The number of nitrogens with zero attached hydrogens (tertiary/aromatic N) is 4. The van der Waals surface area contributed by atoms with Crippen molar-refractivity contribution < 1.29 is 18.8 Å². The SMILES string of the molecule is CCOC(=O)c1c(CS(=O)Cc2cscn2)n(C2CC2)c2cc(Br)c(O)c(Cn3ccnc3C)c12. The van der Waals surface area contributed by atoms with Crippen LogP contribution in [0, 0.1) is 6.92 Å². The number of hydrogen-bond acceptors (Lipinski definition) is 7. The molecule has 0 spiro atoms. The lowest BCUT2D eigenvalue weighted by Crippen LogP contribution is -2.13. The van der Waals surface area contributed by atoms with Crippen molar-refractivity contribution in [3.63, 3.8) is 0 Å². The molecule has 1 N–H and O–H groups in total. The highest BCUT2D eigenvalue weighted by atomic mass is 79.9. The molecule has 0 bridgehead atoms. The molecule has 1 fully saturated rings. The topological polar surface area (TPSA) is 99.2 Å². The minimum Gasteiger partial charge on any atom is -0.506 e. The molecule has 1 aliphatic carbocycles.